The van der Waals surface area contributed by atoms with Gasteiger partial charge in [-0.1, -0.05) is 31.6 Å². The summed E-state index contributed by atoms with van der Waals surface area (Å²) < 4.78 is 78.3. The maximum atomic E-state index is 13.4. The van der Waals surface area contributed by atoms with Crippen LogP contribution in [0.25, 0.3) is 0 Å². The van der Waals surface area contributed by atoms with Crippen molar-refractivity contribution in [3.63, 3.8) is 0 Å². The predicted molar refractivity (Wildman–Crippen MR) is 154 cm³/mol. The highest BCUT2D eigenvalue weighted by atomic mass is 19.4. The number of carbonyl (C=O) groups is 2. The van der Waals surface area contributed by atoms with Gasteiger partial charge in [0.25, 0.3) is 5.91 Å². The Morgan fingerprint density at radius 3 is 2.18 bits per heavy atom. The number of amides is 3. The summed E-state index contributed by atoms with van der Waals surface area (Å²) in [6.45, 7) is 7.36. The van der Waals surface area contributed by atoms with Crippen molar-refractivity contribution in [3.8, 4) is 0 Å². The fourth-order valence-electron chi connectivity index (χ4n) is 6.52. The van der Waals surface area contributed by atoms with Crippen LogP contribution in [0.3, 0.4) is 0 Å². The molecule has 3 aliphatic carbocycles. The fourth-order valence-corrected chi connectivity index (χ4v) is 6.52. The van der Waals surface area contributed by atoms with Crippen molar-refractivity contribution in [3.05, 3.63) is 76.9 Å². The zero-order chi connectivity index (χ0) is 31.9. The van der Waals surface area contributed by atoms with E-state index in [4.69, 9.17) is 0 Å². The van der Waals surface area contributed by atoms with Crippen LogP contribution in [-0.4, -0.2) is 72.5 Å². The van der Waals surface area contributed by atoms with Crippen molar-refractivity contribution in [2.75, 3.05) is 51.1 Å². The summed E-state index contributed by atoms with van der Waals surface area (Å²) in [7, 11) is 0. The molecule has 2 aromatic rings. The molecule has 1 N–H and O–H groups in total. The number of rotatable bonds is 7. The number of anilines is 1. The summed E-state index contributed by atoms with van der Waals surface area (Å²) in [5.74, 6) is 0.535. The van der Waals surface area contributed by atoms with Crippen LogP contribution in [-0.2, 0) is 12.4 Å². The van der Waals surface area contributed by atoms with E-state index in [-0.39, 0.29) is 16.7 Å². The van der Waals surface area contributed by atoms with E-state index in [1.54, 1.807) is 4.90 Å². The van der Waals surface area contributed by atoms with E-state index >= 15 is 0 Å². The van der Waals surface area contributed by atoms with Gasteiger partial charge in [-0.05, 0) is 72.6 Å². The van der Waals surface area contributed by atoms with Crippen molar-refractivity contribution >= 4 is 17.6 Å². The Bertz CT molecular complexity index is 1390. The molecular weight excluding hydrogens is 586 g/mol. The van der Waals surface area contributed by atoms with Crippen LogP contribution < -0.4 is 5.32 Å². The maximum Gasteiger partial charge on any atom is 0.416 e. The van der Waals surface area contributed by atoms with E-state index in [9.17, 15) is 35.9 Å². The molecule has 1 aliphatic heterocycles. The molecule has 238 valence electrons. The molecule has 2 bridgehead atoms. The van der Waals surface area contributed by atoms with E-state index in [0.717, 1.165) is 37.1 Å². The number of nitrogens with one attached hydrogen (secondary N) is 1. The van der Waals surface area contributed by atoms with Gasteiger partial charge < -0.3 is 15.1 Å². The monoisotopic (exact) mass is 622 g/mol. The van der Waals surface area contributed by atoms with Gasteiger partial charge in [-0.15, -0.1) is 0 Å². The molecule has 1 heterocycles. The predicted octanol–water partition coefficient (Wildman–Crippen LogP) is 7.01. The lowest BCUT2D eigenvalue weighted by Crippen LogP contribution is -2.52. The van der Waals surface area contributed by atoms with Gasteiger partial charge in [0.2, 0.25) is 0 Å². The number of alkyl halides is 6. The van der Waals surface area contributed by atoms with Crippen LogP contribution in [0.5, 0.6) is 0 Å². The molecule has 12 heteroatoms. The average molecular weight is 623 g/mol. The topological polar surface area (TPSA) is 55.9 Å². The summed E-state index contributed by atoms with van der Waals surface area (Å²) in [6.07, 6.45) is -4.77. The number of allylic oxidation sites excluding steroid dienone is 1. The Balaban J connectivity index is 1.21. The number of carbonyl (C=O) groups excluding carboxylic acids is 2. The summed E-state index contributed by atoms with van der Waals surface area (Å²) in [4.78, 5) is 31.6. The van der Waals surface area contributed by atoms with Gasteiger partial charge in [-0.3, -0.25) is 9.69 Å². The zero-order valence-corrected chi connectivity index (χ0v) is 24.6. The molecule has 2 atom stereocenters. The van der Waals surface area contributed by atoms with E-state index in [1.807, 2.05) is 0 Å². The number of halogens is 6. The highest BCUT2D eigenvalue weighted by molar-refractivity contribution is 5.94. The molecule has 6 nitrogen and oxygen atoms in total. The fraction of sp³-hybridized carbons (Fsp3) is 0.500. The van der Waals surface area contributed by atoms with Gasteiger partial charge >= 0.3 is 18.4 Å². The molecule has 3 amide bonds. The first-order valence-electron chi connectivity index (χ1n) is 14.7. The van der Waals surface area contributed by atoms with E-state index in [2.05, 4.69) is 30.1 Å². The lowest BCUT2D eigenvalue weighted by atomic mass is 9.49. The van der Waals surface area contributed by atoms with Crippen LogP contribution >= 0.6 is 0 Å². The third-order valence-electron chi connectivity index (χ3n) is 9.49. The Morgan fingerprint density at radius 1 is 0.932 bits per heavy atom. The van der Waals surface area contributed by atoms with Crippen molar-refractivity contribution in [2.24, 2.45) is 17.3 Å². The summed E-state index contributed by atoms with van der Waals surface area (Å²) in [6, 6.07) is 8.32. The van der Waals surface area contributed by atoms with E-state index in [0.29, 0.717) is 57.6 Å². The van der Waals surface area contributed by atoms with Crippen LogP contribution in [0, 0.1) is 17.3 Å². The van der Waals surface area contributed by atoms with Gasteiger partial charge in [-0.2, -0.15) is 26.3 Å². The third-order valence-corrected chi connectivity index (χ3v) is 9.49. The number of nitrogens with zero attached hydrogens (tertiary/aromatic N) is 3. The molecule has 2 aromatic carbocycles. The molecule has 6 rings (SSSR count). The Hall–Kier alpha value is -3.54. The molecule has 0 aromatic heterocycles. The van der Waals surface area contributed by atoms with Gasteiger partial charge in [-0.25, -0.2) is 4.79 Å². The molecule has 0 spiro atoms. The molecule has 2 fully saturated rings. The quantitative estimate of drug-likeness (QED) is 0.267. The SMILES string of the molecule is CC1(C)C2CC=C(CN(CCN3CCN(C(=O)c4cccc(C(F)(F)F)c4)CC3)C(=O)Nc3ccc(C(F)(F)F)cc3)C1C2. The van der Waals surface area contributed by atoms with Gasteiger partial charge in [0.1, 0.15) is 0 Å². The van der Waals surface area contributed by atoms with E-state index < -0.39 is 35.4 Å². The minimum absolute atomic E-state index is 0.0127. The summed E-state index contributed by atoms with van der Waals surface area (Å²) in [5.41, 5.74) is -0.0748. The van der Waals surface area contributed by atoms with Crippen molar-refractivity contribution < 1.29 is 35.9 Å². The number of fused-ring (bicyclic) bond motifs is 1. The van der Waals surface area contributed by atoms with Crippen LogP contribution in [0.2, 0.25) is 0 Å². The normalized spacial score (nSPS) is 21.7. The summed E-state index contributed by atoms with van der Waals surface area (Å²) in [5, 5.41) is 2.74. The lowest BCUT2D eigenvalue weighted by Gasteiger charge is -2.57. The Morgan fingerprint density at radius 2 is 1.59 bits per heavy atom. The van der Waals surface area contributed by atoms with Gasteiger partial charge in [0.05, 0.1) is 11.1 Å². The minimum Gasteiger partial charge on any atom is -0.336 e. The maximum absolute atomic E-state index is 13.4. The standard InChI is InChI=1S/C32H36F6N4O2/c1-30(2)24-7-6-22(27(30)19-24)20-42(29(44)39-26-10-8-23(9-11-26)31(33,34)35)17-14-40-12-15-41(16-13-40)28(43)21-4-3-5-25(18-21)32(36,37)38/h3-6,8-11,18,24,27H,7,12-17,19-20H2,1-2H3,(H,39,44). The second-order valence-corrected chi connectivity index (χ2v) is 12.5. The first-order chi connectivity index (χ1) is 20.6. The molecule has 1 saturated carbocycles. The second-order valence-electron chi connectivity index (χ2n) is 12.5. The molecule has 4 aliphatic rings. The first-order valence-corrected chi connectivity index (χ1v) is 14.7. The highest BCUT2D eigenvalue weighted by Crippen LogP contribution is 2.59. The van der Waals surface area contributed by atoms with Gasteiger partial charge in [0.15, 0.2) is 0 Å². The molecule has 1 saturated heterocycles. The highest BCUT2D eigenvalue weighted by Gasteiger charge is 2.51. The number of piperazine rings is 1. The largest absolute Gasteiger partial charge is 0.416 e. The van der Waals surface area contributed by atoms with Crippen molar-refractivity contribution in [2.45, 2.75) is 39.0 Å². The van der Waals surface area contributed by atoms with Crippen molar-refractivity contribution in [1.29, 1.82) is 0 Å². The zero-order valence-electron chi connectivity index (χ0n) is 24.6. The Kier molecular flexibility index (Phi) is 8.76. The average Bonchev–Trinajstić information content (AvgIpc) is 2.98. The molecule has 2 unspecified atom stereocenters. The molecule has 44 heavy (non-hydrogen) atoms. The molecule has 0 radical (unpaired) electrons. The number of hydrogen-bond donors (Lipinski definition) is 1. The van der Waals surface area contributed by atoms with Crippen LogP contribution in [0.15, 0.2) is 60.2 Å². The number of benzene rings is 2. The van der Waals surface area contributed by atoms with E-state index in [1.165, 1.54) is 34.7 Å². The third kappa shape index (κ3) is 6.90. The van der Waals surface area contributed by atoms with Crippen LogP contribution in [0.1, 0.15) is 48.2 Å². The minimum atomic E-state index is -4.54. The van der Waals surface area contributed by atoms with Crippen molar-refractivity contribution in [1.82, 2.24) is 14.7 Å². The summed E-state index contributed by atoms with van der Waals surface area (Å²) >= 11 is 0. The van der Waals surface area contributed by atoms with Crippen LogP contribution in [0.4, 0.5) is 36.8 Å². The number of urea groups is 1. The lowest BCUT2D eigenvalue weighted by molar-refractivity contribution is -0.138. The second kappa shape index (κ2) is 12.1. The first kappa shape index (κ1) is 31.9. The Labute approximate surface area is 252 Å². The smallest absolute Gasteiger partial charge is 0.336 e. The number of hydrogen-bond acceptors (Lipinski definition) is 3. The molecular formula is C32H36F6N4O2. The van der Waals surface area contributed by atoms with Gasteiger partial charge in [0, 0.05) is 57.1 Å².